The monoisotopic (exact) mass is 274 g/mol. The average Bonchev–Trinajstić information content (AvgIpc) is 2.56. The second kappa shape index (κ2) is 6.28. The van der Waals surface area contributed by atoms with Crippen molar-refractivity contribution in [2.24, 2.45) is 0 Å². The molecular formula is C11H19BrN2O. The Morgan fingerprint density at radius 3 is 2.87 bits per heavy atom. The van der Waals surface area contributed by atoms with Gasteiger partial charge in [0.1, 0.15) is 5.69 Å². The lowest BCUT2D eigenvalue weighted by molar-refractivity contribution is 0.0483. The molecular weight excluding hydrogens is 256 g/mol. The fourth-order valence-electron chi connectivity index (χ4n) is 1.22. The van der Waals surface area contributed by atoms with Crippen molar-refractivity contribution in [3.05, 3.63) is 16.4 Å². The Morgan fingerprint density at radius 2 is 2.27 bits per heavy atom. The first kappa shape index (κ1) is 12.7. The molecule has 0 aliphatic rings. The minimum atomic E-state index is 0.299. The predicted octanol–water partition coefficient (Wildman–Crippen LogP) is 3.37. The topological polar surface area (TPSA) is 27.1 Å². The van der Waals surface area contributed by atoms with E-state index in [-0.39, 0.29) is 0 Å². The summed E-state index contributed by atoms with van der Waals surface area (Å²) in [5.74, 6) is 0. The van der Waals surface area contributed by atoms with Crippen molar-refractivity contribution in [1.82, 2.24) is 9.78 Å². The summed E-state index contributed by atoms with van der Waals surface area (Å²) < 4.78 is 8.64. The lowest BCUT2D eigenvalue weighted by Crippen LogP contribution is -2.07. The van der Waals surface area contributed by atoms with Gasteiger partial charge in [0.25, 0.3) is 0 Å². The fraction of sp³-hybridized carbons (Fsp3) is 0.727. The van der Waals surface area contributed by atoms with Crippen molar-refractivity contribution in [2.45, 2.75) is 52.9 Å². The van der Waals surface area contributed by atoms with E-state index < -0.39 is 0 Å². The molecule has 0 aromatic carbocycles. The second-order valence-corrected chi connectivity index (χ2v) is 4.57. The molecule has 0 saturated carbocycles. The standard InChI is InChI=1S/C11H19BrN2O/c1-4-6-14-7-10(12)11(13-14)8-15-9(3)5-2/h7,9H,4-6,8H2,1-3H3. The Balaban J connectivity index is 2.53. The smallest absolute Gasteiger partial charge is 0.102 e. The molecule has 86 valence electrons. The van der Waals surface area contributed by atoms with Crippen molar-refractivity contribution in [2.75, 3.05) is 0 Å². The molecule has 0 N–H and O–H groups in total. The van der Waals surface area contributed by atoms with E-state index in [0.717, 1.165) is 29.6 Å². The first-order chi connectivity index (χ1) is 7.17. The third-order valence-corrected chi connectivity index (χ3v) is 2.98. The van der Waals surface area contributed by atoms with E-state index in [4.69, 9.17) is 4.74 Å². The third kappa shape index (κ3) is 3.95. The molecule has 1 heterocycles. The largest absolute Gasteiger partial charge is 0.372 e. The van der Waals surface area contributed by atoms with E-state index in [1.807, 2.05) is 10.9 Å². The number of hydrogen-bond acceptors (Lipinski definition) is 2. The molecule has 4 heteroatoms. The molecule has 0 spiro atoms. The van der Waals surface area contributed by atoms with Crippen LogP contribution in [0.15, 0.2) is 10.7 Å². The second-order valence-electron chi connectivity index (χ2n) is 3.72. The summed E-state index contributed by atoms with van der Waals surface area (Å²) in [7, 11) is 0. The summed E-state index contributed by atoms with van der Waals surface area (Å²) in [6.45, 7) is 7.89. The Morgan fingerprint density at radius 1 is 1.53 bits per heavy atom. The molecule has 0 aliphatic carbocycles. The zero-order valence-corrected chi connectivity index (χ0v) is 11.2. The van der Waals surface area contributed by atoms with Gasteiger partial charge in [0.2, 0.25) is 0 Å². The molecule has 0 saturated heterocycles. The molecule has 0 amide bonds. The van der Waals surface area contributed by atoms with Gasteiger partial charge < -0.3 is 4.74 Å². The number of hydrogen-bond donors (Lipinski definition) is 0. The number of rotatable bonds is 6. The Bertz CT molecular complexity index is 299. The van der Waals surface area contributed by atoms with Gasteiger partial charge in [-0.3, -0.25) is 4.68 Å². The van der Waals surface area contributed by atoms with Crippen molar-refractivity contribution >= 4 is 15.9 Å². The Labute approximate surface area is 99.9 Å². The van der Waals surface area contributed by atoms with Gasteiger partial charge in [0.15, 0.2) is 0 Å². The molecule has 1 rings (SSSR count). The highest BCUT2D eigenvalue weighted by molar-refractivity contribution is 9.10. The zero-order chi connectivity index (χ0) is 11.3. The summed E-state index contributed by atoms with van der Waals surface area (Å²) in [5, 5.41) is 4.45. The van der Waals surface area contributed by atoms with Gasteiger partial charge in [-0.2, -0.15) is 5.10 Å². The fourth-order valence-corrected chi connectivity index (χ4v) is 1.65. The Hall–Kier alpha value is -0.350. The molecule has 1 aromatic rings. The van der Waals surface area contributed by atoms with Gasteiger partial charge in [-0.05, 0) is 35.7 Å². The van der Waals surface area contributed by atoms with Crippen molar-refractivity contribution < 1.29 is 4.74 Å². The number of halogens is 1. The first-order valence-electron chi connectivity index (χ1n) is 5.50. The van der Waals surface area contributed by atoms with Crippen molar-refractivity contribution in [1.29, 1.82) is 0 Å². The summed E-state index contributed by atoms with van der Waals surface area (Å²) >= 11 is 3.50. The number of nitrogens with zero attached hydrogens (tertiary/aromatic N) is 2. The number of aromatic nitrogens is 2. The molecule has 0 aliphatic heterocycles. The molecule has 0 fully saturated rings. The van der Waals surface area contributed by atoms with Crippen LogP contribution in [0.1, 0.15) is 39.3 Å². The molecule has 15 heavy (non-hydrogen) atoms. The molecule has 1 aromatic heterocycles. The normalized spacial score (nSPS) is 13.1. The highest BCUT2D eigenvalue weighted by atomic mass is 79.9. The van der Waals surface area contributed by atoms with Crippen LogP contribution >= 0.6 is 15.9 Å². The summed E-state index contributed by atoms with van der Waals surface area (Å²) in [6.07, 6.45) is 4.44. The molecule has 3 nitrogen and oxygen atoms in total. The Kier molecular flexibility index (Phi) is 5.32. The van der Waals surface area contributed by atoms with Gasteiger partial charge in [-0.1, -0.05) is 13.8 Å². The van der Waals surface area contributed by atoms with Gasteiger partial charge in [-0.15, -0.1) is 0 Å². The maximum atomic E-state index is 5.64. The van der Waals surface area contributed by atoms with Gasteiger partial charge >= 0.3 is 0 Å². The maximum Gasteiger partial charge on any atom is 0.102 e. The minimum Gasteiger partial charge on any atom is -0.372 e. The van der Waals surface area contributed by atoms with E-state index >= 15 is 0 Å². The third-order valence-electron chi connectivity index (χ3n) is 2.32. The van der Waals surface area contributed by atoms with Gasteiger partial charge in [-0.25, -0.2) is 0 Å². The van der Waals surface area contributed by atoms with Crippen LogP contribution in [0.2, 0.25) is 0 Å². The lowest BCUT2D eigenvalue weighted by Gasteiger charge is -2.08. The summed E-state index contributed by atoms with van der Waals surface area (Å²) in [5.41, 5.74) is 0.990. The summed E-state index contributed by atoms with van der Waals surface area (Å²) in [4.78, 5) is 0. The van der Waals surface area contributed by atoms with Crippen LogP contribution in [0.5, 0.6) is 0 Å². The van der Waals surface area contributed by atoms with Crippen LogP contribution in [0.25, 0.3) is 0 Å². The van der Waals surface area contributed by atoms with Crippen molar-refractivity contribution in [3.8, 4) is 0 Å². The van der Waals surface area contributed by atoms with E-state index in [9.17, 15) is 0 Å². The maximum absolute atomic E-state index is 5.64. The van der Waals surface area contributed by atoms with Gasteiger partial charge in [0.05, 0.1) is 17.2 Å². The first-order valence-corrected chi connectivity index (χ1v) is 6.30. The predicted molar refractivity (Wildman–Crippen MR) is 64.8 cm³/mol. The van der Waals surface area contributed by atoms with Crippen LogP contribution in [-0.4, -0.2) is 15.9 Å². The average molecular weight is 275 g/mol. The molecule has 1 atom stereocenters. The van der Waals surface area contributed by atoms with E-state index in [1.54, 1.807) is 0 Å². The zero-order valence-electron chi connectivity index (χ0n) is 9.66. The van der Waals surface area contributed by atoms with Crippen molar-refractivity contribution in [3.63, 3.8) is 0 Å². The van der Waals surface area contributed by atoms with E-state index in [0.29, 0.717) is 12.7 Å². The van der Waals surface area contributed by atoms with Crippen LogP contribution < -0.4 is 0 Å². The van der Waals surface area contributed by atoms with E-state index in [2.05, 4.69) is 41.8 Å². The number of ether oxygens (including phenoxy) is 1. The lowest BCUT2D eigenvalue weighted by atomic mass is 10.3. The van der Waals surface area contributed by atoms with Crippen LogP contribution in [0.4, 0.5) is 0 Å². The highest BCUT2D eigenvalue weighted by Crippen LogP contribution is 2.16. The minimum absolute atomic E-state index is 0.299. The summed E-state index contributed by atoms with van der Waals surface area (Å²) in [6, 6.07) is 0. The highest BCUT2D eigenvalue weighted by Gasteiger charge is 2.07. The molecule has 1 unspecified atom stereocenters. The van der Waals surface area contributed by atoms with Crippen LogP contribution in [0, 0.1) is 0 Å². The number of aryl methyl sites for hydroxylation is 1. The van der Waals surface area contributed by atoms with E-state index in [1.165, 1.54) is 0 Å². The van der Waals surface area contributed by atoms with Crippen LogP contribution in [-0.2, 0) is 17.9 Å². The van der Waals surface area contributed by atoms with Crippen LogP contribution in [0.3, 0.4) is 0 Å². The molecule has 0 radical (unpaired) electrons. The SMILES string of the molecule is CCCn1cc(Br)c(COC(C)CC)n1. The molecule has 0 bridgehead atoms. The van der Waals surface area contributed by atoms with Gasteiger partial charge in [0, 0.05) is 12.7 Å². The quantitative estimate of drug-likeness (QED) is 0.795.